The van der Waals surface area contributed by atoms with Gasteiger partial charge in [-0.1, -0.05) is 29.8 Å². The van der Waals surface area contributed by atoms with E-state index in [0.717, 1.165) is 0 Å². The fourth-order valence-electron chi connectivity index (χ4n) is 3.02. The van der Waals surface area contributed by atoms with Gasteiger partial charge >= 0.3 is 0 Å². The second-order valence-corrected chi connectivity index (χ2v) is 7.23. The number of nitrogens with zero attached hydrogens (tertiary/aromatic N) is 1. The molecule has 1 atom stereocenters. The summed E-state index contributed by atoms with van der Waals surface area (Å²) in [5.41, 5.74) is 3.04. The van der Waals surface area contributed by atoms with Crippen molar-refractivity contribution in [2.75, 3.05) is 13.1 Å². The molecule has 112 valence electrons. The van der Waals surface area contributed by atoms with Gasteiger partial charge in [0.15, 0.2) is 0 Å². The molecule has 0 amide bonds. The molecule has 0 radical (unpaired) electrons. The van der Waals surface area contributed by atoms with Crippen molar-refractivity contribution >= 4 is 0 Å². The van der Waals surface area contributed by atoms with Gasteiger partial charge in [0, 0.05) is 30.7 Å². The molecule has 1 aromatic carbocycles. The van der Waals surface area contributed by atoms with Crippen molar-refractivity contribution in [2.45, 2.75) is 65.1 Å². The Balaban J connectivity index is 1.85. The molecule has 20 heavy (non-hydrogen) atoms. The molecule has 1 aliphatic rings. The van der Waals surface area contributed by atoms with Crippen LogP contribution in [0.25, 0.3) is 0 Å². The van der Waals surface area contributed by atoms with Crippen LogP contribution in [0.3, 0.4) is 0 Å². The van der Waals surface area contributed by atoms with Gasteiger partial charge in [0.1, 0.15) is 0 Å². The lowest BCUT2D eigenvalue weighted by Crippen LogP contribution is -2.50. The number of rotatable bonds is 3. The summed E-state index contributed by atoms with van der Waals surface area (Å²) >= 11 is 0. The summed E-state index contributed by atoms with van der Waals surface area (Å²) in [4.78, 5) is 2.60. The normalized spacial score (nSPS) is 20.1. The van der Waals surface area contributed by atoms with Gasteiger partial charge < -0.3 is 5.32 Å². The fraction of sp³-hybridized carbons (Fsp3) is 0.667. The molecule has 1 heterocycles. The molecule has 1 N–H and O–H groups in total. The van der Waals surface area contributed by atoms with Gasteiger partial charge in [0.25, 0.3) is 0 Å². The fourth-order valence-corrected chi connectivity index (χ4v) is 3.02. The summed E-state index contributed by atoms with van der Waals surface area (Å²) in [5.74, 6) is 0. The molecule has 0 aliphatic carbocycles. The largest absolute Gasteiger partial charge is 0.307 e. The average Bonchev–Trinajstić information content (AvgIpc) is 2.39. The maximum Gasteiger partial charge on any atom is 0.0294 e. The van der Waals surface area contributed by atoms with Crippen LogP contribution in [0.15, 0.2) is 24.3 Å². The lowest BCUT2D eigenvalue weighted by Gasteiger charge is -2.41. The second-order valence-electron chi connectivity index (χ2n) is 7.23. The Morgan fingerprint density at radius 3 is 2.15 bits per heavy atom. The SMILES string of the molecule is Cc1ccc(C(C)NC2CCN(C(C)(C)C)CC2)cc1. The third kappa shape index (κ3) is 4.07. The molecular formula is C18H30N2. The van der Waals surface area contributed by atoms with Gasteiger partial charge in [-0.15, -0.1) is 0 Å². The van der Waals surface area contributed by atoms with Crippen LogP contribution >= 0.6 is 0 Å². The van der Waals surface area contributed by atoms with Crippen molar-refractivity contribution in [3.63, 3.8) is 0 Å². The van der Waals surface area contributed by atoms with Crippen LogP contribution in [-0.4, -0.2) is 29.6 Å². The lowest BCUT2D eigenvalue weighted by molar-refractivity contribution is 0.0942. The van der Waals surface area contributed by atoms with Crippen LogP contribution in [0, 0.1) is 6.92 Å². The summed E-state index contributed by atoms with van der Waals surface area (Å²) in [6, 6.07) is 10.0. The minimum atomic E-state index is 0.313. The van der Waals surface area contributed by atoms with Gasteiger partial charge in [-0.2, -0.15) is 0 Å². The molecule has 1 fully saturated rings. The number of hydrogen-bond donors (Lipinski definition) is 1. The van der Waals surface area contributed by atoms with Crippen molar-refractivity contribution in [3.8, 4) is 0 Å². The van der Waals surface area contributed by atoms with Crippen molar-refractivity contribution in [2.24, 2.45) is 0 Å². The number of likely N-dealkylation sites (tertiary alicyclic amines) is 1. The van der Waals surface area contributed by atoms with Crippen LogP contribution < -0.4 is 5.32 Å². The molecule has 0 spiro atoms. The quantitative estimate of drug-likeness (QED) is 0.899. The van der Waals surface area contributed by atoms with Crippen molar-refractivity contribution in [3.05, 3.63) is 35.4 Å². The van der Waals surface area contributed by atoms with E-state index in [-0.39, 0.29) is 0 Å². The highest BCUT2D eigenvalue weighted by Crippen LogP contribution is 2.22. The first-order valence-corrected chi connectivity index (χ1v) is 7.94. The molecule has 0 bridgehead atoms. The number of nitrogens with one attached hydrogen (secondary N) is 1. The molecular weight excluding hydrogens is 244 g/mol. The summed E-state index contributed by atoms with van der Waals surface area (Å²) in [6.07, 6.45) is 2.51. The lowest BCUT2D eigenvalue weighted by atomic mass is 9.97. The summed E-state index contributed by atoms with van der Waals surface area (Å²) in [7, 11) is 0. The van der Waals surface area contributed by atoms with Crippen LogP contribution in [-0.2, 0) is 0 Å². The summed E-state index contributed by atoms with van der Waals surface area (Å²) in [5, 5.41) is 3.80. The Labute approximate surface area is 124 Å². The third-order valence-corrected chi connectivity index (χ3v) is 4.51. The first kappa shape index (κ1) is 15.5. The Morgan fingerprint density at radius 2 is 1.65 bits per heavy atom. The number of piperidine rings is 1. The average molecular weight is 274 g/mol. The van der Waals surface area contributed by atoms with Crippen molar-refractivity contribution in [1.82, 2.24) is 10.2 Å². The standard InChI is InChI=1S/C18H30N2/c1-14-6-8-16(9-7-14)15(2)19-17-10-12-20(13-11-17)18(3,4)5/h6-9,15,17,19H,10-13H2,1-5H3. The molecule has 1 aromatic rings. The Morgan fingerprint density at radius 1 is 1.10 bits per heavy atom. The van der Waals surface area contributed by atoms with E-state index in [0.29, 0.717) is 17.6 Å². The molecule has 1 aliphatic heterocycles. The number of aryl methyl sites for hydroxylation is 1. The number of benzene rings is 1. The molecule has 2 nitrogen and oxygen atoms in total. The Hall–Kier alpha value is -0.860. The van der Waals surface area contributed by atoms with E-state index in [1.165, 1.54) is 37.1 Å². The predicted octanol–water partition coefficient (Wildman–Crippen LogP) is 3.91. The Bertz CT molecular complexity index is 408. The maximum absolute atomic E-state index is 3.80. The van der Waals surface area contributed by atoms with Crippen LogP contribution in [0.2, 0.25) is 0 Å². The minimum Gasteiger partial charge on any atom is -0.307 e. The highest BCUT2D eigenvalue weighted by Gasteiger charge is 2.27. The van der Waals surface area contributed by atoms with Crippen molar-refractivity contribution < 1.29 is 0 Å². The minimum absolute atomic E-state index is 0.313. The summed E-state index contributed by atoms with van der Waals surface area (Å²) < 4.78 is 0. The predicted molar refractivity (Wildman–Crippen MR) is 87.1 cm³/mol. The zero-order valence-corrected chi connectivity index (χ0v) is 13.7. The first-order valence-electron chi connectivity index (χ1n) is 7.94. The van der Waals surface area contributed by atoms with Gasteiger partial charge in [0.2, 0.25) is 0 Å². The maximum atomic E-state index is 3.80. The molecule has 0 saturated carbocycles. The van der Waals surface area contributed by atoms with Crippen LogP contribution in [0.4, 0.5) is 0 Å². The van der Waals surface area contributed by atoms with E-state index in [1.807, 2.05) is 0 Å². The van der Waals surface area contributed by atoms with Gasteiger partial charge in [-0.25, -0.2) is 0 Å². The van der Waals surface area contributed by atoms with E-state index in [1.54, 1.807) is 0 Å². The molecule has 1 unspecified atom stereocenters. The zero-order valence-electron chi connectivity index (χ0n) is 13.7. The highest BCUT2D eigenvalue weighted by atomic mass is 15.2. The van der Waals surface area contributed by atoms with Gasteiger partial charge in [-0.05, 0) is 53.0 Å². The molecule has 2 heteroatoms. The summed E-state index contributed by atoms with van der Waals surface area (Å²) in [6.45, 7) is 13.8. The second kappa shape index (κ2) is 6.28. The topological polar surface area (TPSA) is 15.3 Å². The Kier molecular flexibility index (Phi) is 4.87. The molecule has 1 saturated heterocycles. The van der Waals surface area contributed by atoms with E-state index < -0.39 is 0 Å². The first-order chi connectivity index (χ1) is 9.36. The van der Waals surface area contributed by atoms with Gasteiger partial charge in [-0.3, -0.25) is 4.90 Å². The van der Waals surface area contributed by atoms with E-state index in [2.05, 4.69) is 69.1 Å². The smallest absolute Gasteiger partial charge is 0.0294 e. The highest BCUT2D eigenvalue weighted by molar-refractivity contribution is 5.23. The number of hydrogen-bond acceptors (Lipinski definition) is 2. The zero-order chi connectivity index (χ0) is 14.8. The third-order valence-electron chi connectivity index (χ3n) is 4.51. The monoisotopic (exact) mass is 274 g/mol. The van der Waals surface area contributed by atoms with Crippen LogP contribution in [0.1, 0.15) is 57.7 Å². The van der Waals surface area contributed by atoms with Crippen molar-refractivity contribution in [1.29, 1.82) is 0 Å². The molecule has 2 rings (SSSR count). The van der Waals surface area contributed by atoms with Gasteiger partial charge in [0.05, 0.1) is 0 Å². The van der Waals surface area contributed by atoms with E-state index in [9.17, 15) is 0 Å². The van der Waals surface area contributed by atoms with Crippen LogP contribution in [0.5, 0.6) is 0 Å². The van der Waals surface area contributed by atoms with E-state index in [4.69, 9.17) is 0 Å². The van der Waals surface area contributed by atoms with E-state index >= 15 is 0 Å². The molecule has 0 aromatic heterocycles.